The Kier molecular flexibility index (Phi) is 3.42. The molecule has 0 atom stereocenters. The smallest absolute Gasteiger partial charge is 0.168 e. The van der Waals surface area contributed by atoms with E-state index in [-0.39, 0.29) is 0 Å². The van der Waals surface area contributed by atoms with Crippen molar-refractivity contribution in [3.63, 3.8) is 0 Å². The lowest BCUT2D eigenvalue weighted by Gasteiger charge is -2.13. The van der Waals surface area contributed by atoms with E-state index in [4.69, 9.17) is 4.74 Å². The standard InChI is InChI=1S/C15H15NO2/c1-10-5-4-6-11(2)15(10)13-7-12(9-17)16-8-14(13)18-3/h4-9H,1-3H3. The number of aldehydes is 1. The van der Waals surface area contributed by atoms with Crippen molar-refractivity contribution in [2.75, 3.05) is 7.11 Å². The average molecular weight is 241 g/mol. The van der Waals surface area contributed by atoms with Crippen LogP contribution in [0.1, 0.15) is 21.6 Å². The van der Waals surface area contributed by atoms with E-state index < -0.39 is 0 Å². The summed E-state index contributed by atoms with van der Waals surface area (Å²) in [5, 5.41) is 0. The van der Waals surface area contributed by atoms with E-state index in [0.29, 0.717) is 11.4 Å². The first-order valence-corrected chi connectivity index (χ1v) is 5.73. The first kappa shape index (κ1) is 12.3. The molecule has 0 bridgehead atoms. The molecule has 1 heterocycles. The van der Waals surface area contributed by atoms with Gasteiger partial charge in [0.2, 0.25) is 0 Å². The Labute approximate surface area is 106 Å². The highest BCUT2D eigenvalue weighted by Gasteiger charge is 2.12. The molecule has 18 heavy (non-hydrogen) atoms. The van der Waals surface area contributed by atoms with Gasteiger partial charge in [0.25, 0.3) is 0 Å². The fraction of sp³-hybridized carbons (Fsp3) is 0.200. The molecule has 2 aromatic rings. The Morgan fingerprint density at radius 2 is 1.89 bits per heavy atom. The number of nitrogens with zero attached hydrogens (tertiary/aromatic N) is 1. The van der Waals surface area contributed by atoms with Gasteiger partial charge in [-0.25, -0.2) is 4.98 Å². The van der Waals surface area contributed by atoms with Gasteiger partial charge in [-0.05, 0) is 36.6 Å². The zero-order valence-electron chi connectivity index (χ0n) is 10.7. The second-order valence-corrected chi connectivity index (χ2v) is 4.19. The van der Waals surface area contributed by atoms with Crippen molar-refractivity contribution in [2.45, 2.75) is 13.8 Å². The summed E-state index contributed by atoms with van der Waals surface area (Å²) in [6.07, 6.45) is 2.33. The third kappa shape index (κ3) is 2.12. The maximum Gasteiger partial charge on any atom is 0.168 e. The van der Waals surface area contributed by atoms with Crippen LogP contribution >= 0.6 is 0 Å². The van der Waals surface area contributed by atoms with E-state index in [1.54, 1.807) is 19.4 Å². The number of benzene rings is 1. The van der Waals surface area contributed by atoms with Crippen LogP contribution in [-0.4, -0.2) is 18.4 Å². The zero-order valence-corrected chi connectivity index (χ0v) is 10.7. The number of carbonyl (C=O) groups excluding carboxylic acids is 1. The summed E-state index contributed by atoms with van der Waals surface area (Å²) in [6, 6.07) is 7.87. The summed E-state index contributed by atoms with van der Waals surface area (Å²) in [6.45, 7) is 4.09. The van der Waals surface area contributed by atoms with Crippen LogP contribution in [0, 0.1) is 13.8 Å². The maximum absolute atomic E-state index is 10.9. The van der Waals surface area contributed by atoms with E-state index in [0.717, 1.165) is 28.5 Å². The molecule has 0 aliphatic carbocycles. The van der Waals surface area contributed by atoms with Gasteiger partial charge in [0, 0.05) is 5.56 Å². The molecule has 0 spiro atoms. The molecule has 0 fully saturated rings. The largest absolute Gasteiger partial charge is 0.494 e. The molecule has 3 nitrogen and oxygen atoms in total. The first-order chi connectivity index (χ1) is 8.67. The van der Waals surface area contributed by atoms with Gasteiger partial charge < -0.3 is 4.74 Å². The number of aromatic nitrogens is 1. The van der Waals surface area contributed by atoms with E-state index in [1.165, 1.54) is 0 Å². The molecule has 0 aliphatic heterocycles. The van der Waals surface area contributed by atoms with Crippen molar-refractivity contribution in [3.05, 3.63) is 47.3 Å². The fourth-order valence-corrected chi connectivity index (χ4v) is 2.12. The highest BCUT2D eigenvalue weighted by Crippen LogP contribution is 2.34. The van der Waals surface area contributed by atoms with Gasteiger partial charge in [-0.3, -0.25) is 4.79 Å². The summed E-state index contributed by atoms with van der Waals surface area (Å²) in [7, 11) is 1.61. The van der Waals surface area contributed by atoms with Crippen LogP contribution in [0.15, 0.2) is 30.5 Å². The number of carbonyl (C=O) groups is 1. The maximum atomic E-state index is 10.9. The Hall–Kier alpha value is -2.16. The normalized spacial score (nSPS) is 10.2. The van der Waals surface area contributed by atoms with Crippen molar-refractivity contribution in [3.8, 4) is 16.9 Å². The van der Waals surface area contributed by atoms with Gasteiger partial charge in [0.05, 0.1) is 13.3 Å². The first-order valence-electron chi connectivity index (χ1n) is 5.73. The van der Waals surface area contributed by atoms with E-state index >= 15 is 0 Å². The van der Waals surface area contributed by atoms with Crippen LogP contribution in [0.3, 0.4) is 0 Å². The predicted octanol–water partition coefficient (Wildman–Crippen LogP) is 3.19. The highest BCUT2D eigenvalue weighted by atomic mass is 16.5. The molecule has 0 amide bonds. The SMILES string of the molecule is COc1cnc(C=O)cc1-c1c(C)cccc1C. The molecule has 0 saturated carbocycles. The van der Waals surface area contributed by atoms with Crippen LogP contribution in [0.2, 0.25) is 0 Å². The summed E-state index contributed by atoms with van der Waals surface area (Å²) in [4.78, 5) is 14.9. The number of pyridine rings is 1. The van der Waals surface area contributed by atoms with Crippen LogP contribution in [0.5, 0.6) is 5.75 Å². The topological polar surface area (TPSA) is 39.2 Å². The lowest BCUT2D eigenvalue weighted by Crippen LogP contribution is -1.96. The lowest BCUT2D eigenvalue weighted by atomic mass is 9.95. The zero-order chi connectivity index (χ0) is 13.1. The van der Waals surface area contributed by atoms with Crippen LogP contribution in [0.25, 0.3) is 11.1 Å². The lowest BCUT2D eigenvalue weighted by molar-refractivity contribution is 0.111. The monoisotopic (exact) mass is 241 g/mol. The Bertz CT molecular complexity index is 571. The average Bonchev–Trinajstić information content (AvgIpc) is 2.38. The number of hydrogen-bond acceptors (Lipinski definition) is 3. The third-order valence-electron chi connectivity index (χ3n) is 2.98. The molecule has 0 unspecified atom stereocenters. The van der Waals surface area contributed by atoms with Gasteiger partial charge in [-0.1, -0.05) is 18.2 Å². The molecule has 92 valence electrons. The minimum atomic E-state index is 0.411. The van der Waals surface area contributed by atoms with Crippen LogP contribution in [-0.2, 0) is 0 Å². The second-order valence-electron chi connectivity index (χ2n) is 4.19. The summed E-state index contributed by atoms with van der Waals surface area (Å²) >= 11 is 0. The summed E-state index contributed by atoms with van der Waals surface area (Å²) < 4.78 is 5.33. The highest BCUT2D eigenvalue weighted by molar-refractivity contribution is 5.81. The Morgan fingerprint density at radius 3 is 2.44 bits per heavy atom. The molecular weight excluding hydrogens is 226 g/mol. The molecule has 1 aromatic heterocycles. The van der Waals surface area contributed by atoms with Crippen LogP contribution in [0.4, 0.5) is 0 Å². The van der Waals surface area contributed by atoms with Crippen molar-refractivity contribution >= 4 is 6.29 Å². The van der Waals surface area contributed by atoms with Gasteiger partial charge in [0.15, 0.2) is 6.29 Å². The van der Waals surface area contributed by atoms with Crippen molar-refractivity contribution in [1.82, 2.24) is 4.98 Å². The predicted molar refractivity (Wildman–Crippen MR) is 71.1 cm³/mol. The number of rotatable bonds is 3. The fourth-order valence-electron chi connectivity index (χ4n) is 2.12. The molecule has 0 radical (unpaired) electrons. The van der Waals surface area contributed by atoms with Crippen molar-refractivity contribution < 1.29 is 9.53 Å². The van der Waals surface area contributed by atoms with E-state index in [9.17, 15) is 4.79 Å². The molecule has 3 heteroatoms. The quantitative estimate of drug-likeness (QED) is 0.775. The molecular formula is C15H15NO2. The van der Waals surface area contributed by atoms with E-state index in [1.807, 2.05) is 32.0 Å². The van der Waals surface area contributed by atoms with E-state index in [2.05, 4.69) is 4.98 Å². The molecule has 0 aliphatic rings. The minimum absolute atomic E-state index is 0.411. The molecule has 1 aromatic carbocycles. The Balaban J connectivity index is 2.72. The summed E-state index contributed by atoms with van der Waals surface area (Å²) in [5.74, 6) is 0.679. The number of methoxy groups -OCH3 is 1. The Morgan fingerprint density at radius 1 is 1.22 bits per heavy atom. The molecule has 0 saturated heterocycles. The van der Waals surface area contributed by atoms with Crippen LogP contribution < -0.4 is 4.74 Å². The van der Waals surface area contributed by atoms with Gasteiger partial charge in [0.1, 0.15) is 11.4 Å². The number of aryl methyl sites for hydroxylation is 2. The minimum Gasteiger partial charge on any atom is -0.494 e. The molecule has 0 N–H and O–H groups in total. The van der Waals surface area contributed by atoms with Gasteiger partial charge in [-0.15, -0.1) is 0 Å². The number of hydrogen-bond donors (Lipinski definition) is 0. The number of ether oxygens (including phenoxy) is 1. The second kappa shape index (κ2) is 5.00. The van der Waals surface area contributed by atoms with Gasteiger partial charge in [-0.2, -0.15) is 0 Å². The van der Waals surface area contributed by atoms with Crippen molar-refractivity contribution in [2.24, 2.45) is 0 Å². The van der Waals surface area contributed by atoms with Crippen molar-refractivity contribution in [1.29, 1.82) is 0 Å². The summed E-state index contributed by atoms with van der Waals surface area (Å²) in [5.41, 5.74) is 4.71. The molecule has 2 rings (SSSR count). The van der Waals surface area contributed by atoms with Gasteiger partial charge >= 0.3 is 0 Å². The third-order valence-corrected chi connectivity index (χ3v) is 2.98.